The highest BCUT2D eigenvalue weighted by Crippen LogP contribution is 2.11. The molecule has 1 unspecified atom stereocenters. The number of anilines is 1. The zero-order valence-electron chi connectivity index (χ0n) is 15.6. The number of likely N-dealkylation sites (tertiary alicyclic amines) is 1. The van der Waals surface area contributed by atoms with E-state index < -0.39 is 10.0 Å². The molecule has 1 aromatic carbocycles. The molecule has 2 rings (SSSR count). The zero-order chi connectivity index (χ0) is 19.0. The number of hydrogen-bond donors (Lipinski definition) is 2. The van der Waals surface area contributed by atoms with Gasteiger partial charge >= 0.3 is 0 Å². The van der Waals surface area contributed by atoms with Crippen LogP contribution in [0.5, 0.6) is 0 Å². The Hall–Kier alpha value is -1.64. The van der Waals surface area contributed by atoms with E-state index in [2.05, 4.69) is 27.1 Å². The SMILES string of the molecule is CN(CCCNC(=O)CN1CCCC(NS(C)(=O)=O)C1)c1ccccc1. The van der Waals surface area contributed by atoms with E-state index in [0.29, 0.717) is 19.6 Å². The van der Waals surface area contributed by atoms with Crippen molar-refractivity contribution in [3.63, 3.8) is 0 Å². The first-order valence-electron chi connectivity index (χ1n) is 9.06. The van der Waals surface area contributed by atoms with E-state index in [1.54, 1.807) is 0 Å². The van der Waals surface area contributed by atoms with Crippen molar-refractivity contribution in [1.82, 2.24) is 14.9 Å². The van der Waals surface area contributed by atoms with Crippen molar-refractivity contribution in [2.75, 3.05) is 50.9 Å². The van der Waals surface area contributed by atoms with Crippen molar-refractivity contribution < 1.29 is 13.2 Å². The Balaban J connectivity index is 1.64. The molecule has 0 saturated carbocycles. The topological polar surface area (TPSA) is 81.8 Å². The molecule has 0 radical (unpaired) electrons. The molecule has 0 aliphatic carbocycles. The molecular formula is C18H30N4O3S. The molecular weight excluding hydrogens is 352 g/mol. The summed E-state index contributed by atoms with van der Waals surface area (Å²) in [6.07, 6.45) is 3.75. The number of carbonyl (C=O) groups excluding carboxylic acids is 1. The van der Waals surface area contributed by atoms with Crippen LogP contribution in [0.2, 0.25) is 0 Å². The Morgan fingerprint density at radius 3 is 2.73 bits per heavy atom. The zero-order valence-corrected chi connectivity index (χ0v) is 16.5. The molecule has 0 bridgehead atoms. The highest BCUT2D eigenvalue weighted by molar-refractivity contribution is 7.88. The first-order chi connectivity index (χ1) is 12.3. The van der Waals surface area contributed by atoms with E-state index in [1.807, 2.05) is 30.1 Å². The van der Waals surface area contributed by atoms with Gasteiger partial charge in [0.25, 0.3) is 0 Å². The fourth-order valence-corrected chi connectivity index (χ4v) is 4.01. The van der Waals surface area contributed by atoms with Crippen LogP contribution in [0, 0.1) is 0 Å². The van der Waals surface area contributed by atoms with Gasteiger partial charge in [-0.25, -0.2) is 13.1 Å². The molecule has 146 valence electrons. The summed E-state index contributed by atoms with van der Waals surface area (Å²) in [4.78, 5) is 16.3. The third-order valence-electron chi connectivity index (χ3n) is 4.44. The lowest BCUT2D eigenvalue weighted by Crippen LogP contribution is -2.50. The Kier molecular flexibility index (Phi) is 7.86. The second kappa shape index (κ2) is 9.89. The molecule has 1 aliphatic heterocycles. The maximum absolute atomic E-state index is 12.1. The third kappa shape index (κ3) is 7.72. The highest BCUT2D eigenvalue weighted by Gasteiger charge is 2.23. The number of para-hydroxylation sites is 1. The van der Waals surface area contributed by atoms with Crippen LogP contribution in [0.25, 0.3) is 0 Å². The lowest BCUT2D eigenvalue weighted by atomic mass is 10.1. The molecule has 2 N–H and O–H groups in total. The quantitative estimate of drug-likeness (QED) is 0.613. The van der Waals surface area contributed by atoms with Crippen LogP contribution in [0.1, 0.15) is 19.3 Å². The van der Waals surface area contributed by atoms with Gasteiger partial charge in [-0.3, -0.25) is 9.69 Å². The number of nitrogens with zero attached hydrogens (tertiary/aromatic N) is 2. The van der Waals surface area contributed by atoms with Crippen LogP contribution in [0.15, 0.2) is 30.3 Å². The molecule has 0 spiro atoms. The summed E-state index contributed by atoms with van der Waals surface area (Å²) >= 11 is 0. The summed E-state index contributed by atoms with van der Waals surface area (Å²) in [6.45, 7) is 3.23. The Labute approximate surface area is 156 Å². The molecule has 1 amide bonds. The maximum Gasteiger partial charge on any atom is 0.234 e. The first-order valence-corrected chi connectivity index (χ1v) is 10.9. The molecule has 1 atom stereocenters. The molecule has 1 saturated heterocycles. The van der Waals surface area contributed by atoms with Crippen molar-refractivity contribution in [1.29, 1.82) is 0 Å². The molecule has 8 heteroatoms. The molecule has 1 heterocycles. The predicted molar refractivity (Wildman–Crippen MR) is 105 cm³/mol. The van der Waals surface area contributed by atoms with Crippen LogP contribution in [-0.2, 0) is 14.8 Å². The van der Waals surface area contributed by atoms with E-state index in [9.17, 15) is 13.2 Å². The number of sulfonamides is 1. The number of carbonyl (C=O) groups is 1. The second-order valence-electron chi connectivity index (χ2n) is 6.92. The van der Waals surface area contributed by atoms with Crippen LogP contribution in [0.3, 0.4) is 0 Å². The van der Waals surface area contributed by atoms with Gasteiger partial charge in [-0.05, 0) is 37.9 Å². The largest absolute Gasteiger partial charge is 0.375 e. The van der Waals surface area contributed by atoms with Gasteiger partial charge in [0, 0.05) is 38.4 Å². The summed E-state index contributed by atoms with van der Waals surface area (Å²) in [6, 6.07) is 10.0. The number of hydrogen-bond acceptors (Lipinski definition) is 5. The lowest BCUT2D eigenvalue weighted by molar-refractivity contribution is -0.122. The Bertz CT molecular complexity index is 666. The van der Waals surface area contributed by atoms with Gasteiger partial charge in [-0.1, -0.05) is 18.2 Å². The maximum atomic E-state index is 12.1. The van der Waals surface area contributed by atoms with Gasteiger partial charge in [0.05, 0.1) is 12.8 Å². The fraction of sp³-hybridized carbons (Fsp3) is 0.611. The normalized spacial score (nSPS) is 18.5. The van der Waals surface area contributed by atoms with Crippen molar-refractivity contribution in [2.24, 2.45) is 0 Å². The Morgan fingerprint density at radius 1 is 1.31 bits per heavy atom. The average molecular weight is 383 g/mol. The average Bonchev–Trinajstić information content (AvgIpc) is 2.58. The van der Waals surface area contributed by atoms with Gasteiger partial charge < -0.3 is 10.2 Å². The van der Waals surface area contributed by atoms with Gasteiger partial charge in [-0.15, -0.1) is 0 Å². The monoisotopic (exact) mass is 382 g/mol. The Morgan fingerprint density at radius 2 is 2.04 bits per heavy atom. The fourth-order valence-electron chi connectivity index (χ4n) is 3.21. The van der Waals surface area contributed by atoms with Crippen molar-refractivity contribution in [3.8, 4) is 0 Å². The summed E-state index contributed by atoms with van der Waals surface area (Å²) in [5.41, 5.74) is 1.16. The van der Waals surface area contributed by atoms with Crippen molar-refractivity contribution in [3.05, 3.63) is 30.3 Å². The molecule has 7 nitrogen and oxygen atoms in total. The van der Waals surface area contributed by atoms with Crippen LogP contribution >= 0.6 is 0 Å². The van der Waals surface area contributed by atoms with Gasteiger partial charge in [0.2, 0.25) is 15.9 Å². The van der Waals surface area contributed by atoms with Gasteiger partial charge in [0.15, 0.2) is 0 Å². The number of rotatable bonds is 9. The minimum Gasteiger partial charge on any atom is -0.375 e. The summed E-state index contributed by atoms with van der Waals surface area (Å²) in [7, 11) is -1.16. The van der Waals surface area contributed by atoms with E-state index in [0.717, 1.165) is 38.0 Å². The molecule has 26 heavy (non-hydrogen) atoms. The summed E-state index contributed by atoms with van der Waals surface area (Å²) < 4.78 is 25.3. The number of benzene rings is 1. The highest BCUT2D eigenvalue weighted by atomic mass is 32.2. The summed E-state index contributed by atoms with van der Waals surface area (Å²) in [5.74, 6) is -0.00707. The van der Waals surface area contributed by atoms with Gasteiger partial charge in [-0.2, -0.15) is 0 Å². The molecule has 0 aromatic heterocycles. The van der Waals surface area contributed by atoms with Crippen LogP contribution in [-0.4, -0.2) is 71.3 Å². The minimum atomic E-state index is -3.21. The van der Waals surface area contributed by atoms with Crippen LogP contribution < -0.4 is 14.9 Å². The molecule has 1 aromatic rings. The minimum absolute atomic E-state index is 0.00707. The number of nitrogens with one attached hydrogen (secondary N) is 2. The summed E-state index contributed by atoms with van der Waals surface area (Å²) in [5, 5.41) is 2.95. The molecule has 1 aliphatic rings. The number of piperidine rings is 1. The smallest absolute Gasteiger partial charge is 0.234 e. The van der Waals surface area contributed by atoms with Crippen molar-refractivity contribution in [2.45, 2.75) is 25.3 Å². The van der Waals surface area contributed by atoms with Gasteiger partial charge in [0.1, 0.15) is 0 Å². The standard InChI is InChI=1S/C18H30N4O3S/c1-21(17-9-4-3-5-10-17)12-7-11-19-18(23)15-22-13-6-8-16(14-22)20-26(2,24)25/h3-5,9-10,16,20H,6-8,11-15H2,1-2H3,(H,19,23). The number of amides is 1. The second-order valence-corrected chi connectivity index (χ2v) is 8.70. The van der Waals surface area contributed by atoms with E-state index in [1.165, 1.54) is 6.26 Å². The third-order valence-corrected chi connectivity index (χ3v) is 5.20. The van der Waals surface area contributed by atoms with E-state index in [-0.39, 0.29) is 11.9 Å². The van der Waals surface area contributed by atoms with E-state index >= 15 is 0 Å². The first kappa shape index (κ1) is 20.7. The van der Waals surface area contributed by atoms with Crippen molar-refractivity contribution >= 4 is 21.6 Å². The predicted octanol–water partition coefficient (Wildman–Crippen LogP) is 0.643. The lowest BCUT2D eigenvalue weighted by Gasteiger charge is -2.32. The molecule has 1 fully saturated rings. The van der Waals surface area contributed by atoms with E-state index in [4.69, 9.17) is 0 Å². The van der Waals surface area contributed by atoms with Crippen LogP contribution in [0.4, 0.5) is 5.69 Å².